The van der Waals surface area contributed by atoms with E-state index in [4.69, 9.17) is 0 Å². The molecule has 0 aliphatic carbocycles. The molecular weight excluding hydrogens is 294 g/mol. The van der Waals surface area contributed by atoms with E-state index in [2.05, 4.69) is 52.8 Å². The van der Waals surface area contributed by atoms with Gasteiger partial charge in [-0.1, -0.05) is 66.7 Å². The second kappa shape index (κ2) is 8.14. The maximum absolute atomic E-state index is 9.55. The van der Waals surface area contributed by atoms with E-state index in [1.54, 1.807) is 0 Å². The van der Waals surface area contributed by atoms with Crippen molar-refractivity contribution in [3.63, 3.8) is 0 Å². The van der Waals surface area contributed by atoms with Crippen molar-refractivity contribution in [3.05, 3.63) is 95.8 Å². The molecule has 2 aromatic rings. The van der Waals surface area contributed by atoms with Gasteiger partial charge in [0.2, 0.25) is 0 Å². The Morgan fingerprint density at radius 2 is 1.67 bits per heavy atom. The van der Waals surface area contributed by atoms with Gasteiger partial charge in [0.05, 0.1) is 11.6 Å². The first kappa shape index (κ1) is 16.0. The van der Waals surface area contributed by atoms with Crippen molar-refractivity contribution in [1.82, 2.24) is 10.2 Å². The first-order valence-electron chi connectivity index (χ1n) is 8.20. The molecule has 0 fully saturated rings. The second-order valence-corrected chi connectivity index (χ2v) is 5.89. The molecule has 0 radical (unpaired) electrons. The van der Waals surface area contributed by atoms with Gasteiger partial charge < -0.3 is 10.2 Å². The molecule has 24 heavy (non-hydrogen) atoms. The molecule has 0 aromatic heterocycles. The molecule has 1 aliphatic heterocycles. The van der Waals surface area contributed by atoms with Crippen LogP contribution in [-0.2, 0) is 13.1 Å². The van der Waals surface area contributed by atoms with Crippen LogP contribution >= 0.6 is 0 Å². The highest BCUT2D eigenvalue weighted by atomic mass is 15.1. The van der Waals surface area contributed by atoms with E-state index < -0.39 is 0 Å². The number of benzene rings is 2. The molecule has 3 heteroatoms. The van der Waals surface area contributed by atoms with Crippen molar-refractivity contribution >= 4 is 0 Å². The summed E-state index contributed by atoms with van der Waals surface area (Å²) < 4.78 is 0. The Kier molecular flexibility index (Phi) is 5.44. The molecule has 3 nitrogen and oxygen atoms in total. The molecule has 3 rings (SSSR count). The van der Waals surface area contributed by atoms with Crippen LogP contribution in [0.5, 0.6) is 0 Å². The minimum Gasteiger partial charge on any atom is -0.349 e. The van der Waals surface area contributed by atoms with E-state index in [0.29, 0.717) is 0 Å². The van der Waals surface area contributed by atoms with Crippen LogP contribution in [0.4, 0.5) is 0 Å². The van der Waals surface area contributed by atoms with Crippen LogP contribution in [0.1, 0.15) is 17.5 Å². The minimum absolute atomic E-state index is 0.0484. The third-order valence-corrected chi connectivity index (χ3v) is 4.08. The molecule has 1 aliphatic rings. The van der Waals surface area contributed by atoms with Crippen LogP contribution in [0.15, 0.2) is 84.7 Å². The molecule has 120 valence electrons. The van der Waals surface area contributed by atoms with E-state index in [-0.39, 0.29) is 6.04 Å². The normalized spacial score (nSPS) is 17.0. The fraction of sp³-hybridized carbons (Fsp3) is 0.190. The number of rotatable bonds is 5. The first-order valence-corrected chi connectivity index (χ1v) is 8.20. The van der Waals surface area contributed by atoms with Gasteiger partial charge in [0.25, 0.3) is 0 Å². The number of nitrogens with zero attached hydrogens (tertiary/aromatic N) is 2. The van der Waals surface area contributed by atoms with Gasteiger partial charge >= 0.3 is 0 Å². The molecule has 1 atom stereocenters. The lowest BCUT2D eigenvalue weighted by Crippen LogP contribution is -2.29. The molecule has 0 saturated heterocycles. The van der Waals surface area contributed by atoms with E-state index in [0.717, 1.165) is 25.1 Å². The third kappa shape index (κ3) is 4.34. The summed E-state index contributed by atoms with van der Waals surface area (Å²) in [5.41, 5.74) is 3.22. The maximum Gasteiger partial charge on any atom is 0.0979 e. The van der Waals surface area contributed by atoms with Gasteiger partial charge in [-0.25, -0.2) is 0 Å². The van der Waals surface area contributed by atoms with Crippen molar-refractivity contribution in [2.24, 2.45) is 0 Å². The van der Waals surface area contributed by atoms with Gasteiger partial charge in [0, 0.05) is 25.3 Å². The van der Waals surface area contributed by atoms with Gasteiger partial charge in [0.15, 0.2) is 0 Å². The van der Waals surface area contributed by atoms with Gasteiger partial charge in [-0.05, 0) is 23.7 Å². The molecular formula is C21H21N3. The van der Waals surface area contributed by atoms with Crippen molar-refractivity contribution in [1.29, 1.82) is 5.26 Å². The zero-order valence-electron chi connectivity index (χ0n) is 13.6. The van der Waals surface area contributed by atoms with E-state index >= 15 is 0 Å². The summed E-state index contributed by atoms with van der Waals surface area (Å²) in [4.78, 5) is 2.08. The highest BCUT2D eigenvalue weighted by Gasteiger charge is 2.16. The molecule has 0 spiro atoms. The Bertz CT molecular complexity index is 742. The Morgan fingerprint density at radius 1 is 1.00 bits per heavy atom. The smallest absolute Gasteiger partial charge is 0.0979 e. The monoisotopic (exact) mass is 315 g/mol. The van der Waals surface area contributed by atoms with Gasteiger partial charge in [-0.3, -0.25) is 0 Å². The standard InChI is InChI=1S/C21H21N3/c22-14-20-17-24(16-19-10-5-2-6-11-19)13-7-12-21(20)23-15-18-8-3-1-4-9-18/h1-11,13,17,21,23H,12,15-16H2. The Labute approximate surface area is 143 Å². The summed E-state index contributed by atoms with van der Waals surface area (Å²) >= 11 is 0. The summed E-state index contributed by atoms with van der Waals surface area (Å²) in [6.45, 7) is 1.53. The molecule has 1 heterocycles. The number of nitrogens with one attached hydrogen (secondary N) is 1. The second-order valence-electron chi connectivity index (χ2n) is 5.89. The summed E-state index contributed by atoms with van der Waals surface area (Å²) in [5.74, 6) is 0. The lowest BCUT2D eigenvalue weighted by atomic mass is 10.1. The van der Waals surface area contributed by atoms with E-state index in [1.165, 1.54) is 11.1 Å². The molecule has 0 saturated carbocycles. The van der Waals surface area contributed by atoms with Crippen molar-refractivity contribution in [2.45, 2.75) is 25.6 Å². The molecule has 0 amide bonds. The van der Waals surface area contributed by atoms with Crippen LogP contribution in [0.3, 0.4) is 0 Å². The molecule has 2 aromatic carbocycles. The van der Waals surface area contributed by atoms with Crippen molar-refractivity contribution < 1.29 is 0 Å². The van der Waals surface area contributed by atoms with Crippen LogP contribution in [0.25, 0.3) is 0 Å². The fourth-order valence-electron chi connectivity index (χ4n) is 2.80. The number of nitriles is 1. The van der Waals surface area contributed by atoms with Crippen LogP contribution in [0.2, 0.25) is 0 Å². The Morgan fingerprint density at radius 3 is 2.33 bits per heavy atom. The van der Waals surface area contributed by atoms with Crippen molar-refractivity contribution in [2.75, 3.05) is 0 Å². The largest absolute Gasteiger partial charge is 0.349 e. The topological polar surface area (TPSA) is 39.1 Å². The molecule has 1 unspecified atom stereocenters. The van der Waals surface area contributed by atoms with Crippen LogP contribution in [-0.4, -0.2) is 10.9 Å². The van der Waals surface area contributed by atoms with Gasteiger partial charge in [-0.15, -0.1) is 0 Å². The van der Waals surface area contributed by atoms with E-state index in [9.17, 15) is 5.26 Å². The molecule has 1 N–H and O–H groups in total. The predicted octanol–water partition coefficient (Wildman–Crippen LogP) is 3.97. The lowest BCUT2D eigenvalue weighted by Gasteiger charge is -2.17. The van der Waals surface area contributed by atoms with Crippen LogP contribution < -0.4 is 5.32 Å². The molecule has 0 bridgehead atoms. The Balaban J connectivity index is 1.68. The zero-order chi connectivity index (χ0) is 16.6. The lowest BCUT2D eigenvalue weighted by molar-refractivity contribution is 0.497. The summed E-state index contributed by atoms with van der Waals surface area (Å²) in [6.07, 6.45) is 6.97. The van der Waals surface area contributed by atoms with Crippen LogP contribution in [0, 0.1) is 11.3 Å². The summed E-state index contributed by atoms with van der Waals surface area (Å²) in [7, 11) is 0. The predicted molar refractivity (Wildman–Crippen MR) is 96.5 cm³/mol. The van der Waals surface area contributed by atoms with Gasteiger partial charge in [-0.2, -0.15) is 5.26 Å². The first-order chi connectivity index (χ1) is 11.8. The average molecular weight is 315 g/mol. The SMILES string of the molecule is N#CC1=CN(Cc2ccccc2)C=CCC1NCc1ccccc1. The number of hydrogen-bond donors (Lipinski definition) is 1. The maximum atomic E-state index is 9.55. The fourth-order valence-corrected chi connectivity index (χ4v) is 2.80. The van der Waals surface area contributed by atoms with Gasteiger partial charge in [0.1, 0.15) is 0 Å². The third-order valence-electron chi connectivity index (χ3n) is 4.08. The van der Waals surface area contributed by atoms with Crippen molar-refractivity contribution in [3.8, 4) is 6.07 Å². The zero-order valence-corrected chi connectivity index (χ0v) is 13.6. The minimum atomic E-state index is 0.0484. The number of hydrogen-bond acceptors (Lipinski definition) is 3. The Hall–Kier alpha value is -2.83. The highest BCUT2D eigenvalue weighted by Crippen LogP contribution is 2.16. The average Bonchev–Trinajstić information content (AvgIpc) is 2.83. The van der Waals surface area contributed by atoms with E-state index in [1.807, 2.05) is 42.6 Å². The summed E-state index contributed by atoms with van der Waals surface area (Å²) in [5, 5.41) is 13.0. The summed E-state index contributed by atoms with van der Waals surface area (Å²) in [6, 6.07) is 23.0. The quantitative estimate of drug-likeness (QED) is 0.907. The highest BCUT2D eigenvalue weighted by molar-refractivity contribution is 5.30.